The van der Waals surface area contributed by atoms with Crippen LogP contribution in [0.3, 0.4) is 0 Å². The van der Waals surface area contributed by atoms with Crippen LogP contribution in [0, 0.1) is 10.1 Å². The number of rotatable bonds is 7. The summed E-state index contributed by atoms with van der Waals surface area (Å²) in [5.74, 6) is -1.33. The van der Waals surface area contributed by atoms with Crippen LogP contribution in [-0.4, -0.2) is 40.1 Å². The van der Waals surface area contributed by atoms with E-state index in [4.69, 9.17) is 0 Å². The smallest absolute Gasteiger partial charge is 0.269 e. The Balaban J connectivity index is 1.63. The summed E-state index contributed by atoms with van der Waals surface area (Å²) >= 11 is 3.34. The second kappa shape index (κ2) is 9.96. The van der Waals surface area contributed by atoms with Crippen LogP contribution in [0.4, 0.5) is 11.4 Å². The molecule has 0 bridgehead atoms. The van der Waals surface area contributed by atoms with Crippen molar-refractivity contribution in [1.29, 1.82) is 0 Å². The van der Waals surface area contributed by atoms with E-state index in [9.17, 15) is 24.5 Å². The highest BCUT2D eigenvalue weighted by molar-refractivity contribution is 9.10. The van der Waals surface area contributed by atoms with Crippen LogP contribution in [0.2, 0.25) is 0 Å². The second-order valence-electron chi connectivity index (χ2n) is 7.80. The first-order chi connectivity index (χ1) is 16.3. The Bertz CT molecular complexity index is 1230. The SMILES string of the molecule is O=C1CC(N(CCc2ccccc2)C(=O)c2ccc([N+](=O)[O-])cc2)C(=O)N1c1ccc(Br)cc1. The zero-order valence-electron chi connectivity index (χ0n) is 18.0. The average Bonchev–Trinajstić information content (AvgIpc) is 3.14. The largest absolute Gasteiger partial charge is 0.326 e. The van der Waals surface area contributed by atoms with Crippen LogP contribution in [0.5, 0.6) is 0 Å². The number of benzene rings is 3. The Morgan fingerprint density at radius 1 is 1.00 bits per heavy atom. The van der Waals surface area contributed by atoms with E-state index < -0.39 is 28.7 Å². The fourth-order valence-corrected chi connectivity index (χ4v) is 4.17. The van der Waals surface area contributed by atoms with Gasteiger partial charge < -0.3 is 4.90 Å². The summed E-state index contributed by atoms with van der Waals surface area (Å²) in [5.41, 5.74) is 1.49. The molecule has 0 radical (unpaired) electrons. The molecule has 1 unspecified atom stereocenters. The van der Waals surface area contributed by atoms with Crippen LogP contribution in [0.15, 0.2) is 83.3 Å². The monoisotopic (exact) mass is 521 g/mol. The normalized spacial score (nSPS) is 15.4. The maximum atomic E-state index is 13.4. The maximum absolute atomic E-state index is 13.4. The molecule has 1 saturated heterocycles. The molecule has 0 aliphatic carbocycles. The van der Waals surface area contributed by atoms with Crippen LogP contribution < -0.4 is 4.90 Å². The molecule has 1 fully saturated rings. The van der Waals surface area contributed by atoms with Crippen molar-refractivity contribution in [3.63, 3.8) is 0 Å². The lowest BCUT2D eigenvalue weighted by Gasteiger charge is -2.28. The van der Waals surface area contributed by atoms with Crippen molar-refractivity contribution < 1.29 is 19.3 Å². The molecule has 3 amide bonds. The number of carbonyl (C=O) groups is 3. The molecule has 9 heteroatoms. The number of carbonyl (C=O) groups excluding carboxylic acids is 3. The fourth-order valence-electron chi connectivity index (χ4n) is 3.91. The third kappa shape index (κ3) is 4.89. The van der Waals surface area contributed by atoms with Crippen LogP contribution in [0.25, 0.3) is 0 Å². The molecule has 0 spiro atoms. The van der Waals surface area contributed by atoms with Crippen LogP contribution in [-0.2, 0) is 16.0 Å². The zero-order valence-corrected chi connectivity index (χ0v) is 19.6. The van der Waals surface area contributed by atoms with Crippen molar-refractivity contribution in [2.24, 2.45) is 0 Å². The second-order valence-corrected chi connectivity index (χ2v) is 8.72. The van der Waals surface area contributed by atoms with E-state index in [2.05, 4.69) is 15.9 Å². The van der Waals surface area contributed by atoms with E-state index in [0.29, 0.717) is 12.1 Å². The van der Waals surface area contributed by atoms with Gasteiger partial charge in [-0.25, -0.2) is 4.90 Å². The van der Waals surface area contributed by atoms with Gasteiger partial charge in [0.15, 0.2) is 0 Å². The molecule has 1 aliphatic rings. The quantitative estimate of drug-likeness (QED) is 0.261. The standard InChI is InChI=1S/C25H20BrN3O5/c26-19-8-12-20(13-9-19)28-23(30)16-22(25(28)32)27(15-14-17-4-2-1-3-5-17)24(31)18-6-10-21(11-7-18)29(33)34/h1-13,22H,14-16H2. The number of hydrogen-bond donors (Lipinski definition) is 0. The molecule has 34 heavy (non-hydrogen) atoms. The minimum absolute atomic E-state index is 0.136. The molecular formula is C25H20BrN3O5. The molecule has 8 nitrogen and oxygen atoms in total. The maximum Gasteiger partial charge on any atom is 0.269 e. The lowest BCUT2D eigenvalue weighted by molar-refractivity contribution is -0.384. The molecule has 1 heterocycles. The molecule has 0 N–H and O–H groups in total. The first kappa shape index (κ1) is 23.3. The lowest BCUT2D eigenvalue weighted by Crippen LogP contribution is -2.46. The van der Waals surface area contributed by atoms with E-state index in [0.717, 1.165) is 14.9 Å². The summed E-state index contributed by atoms with van der Waals surface area (Å²) in [6.07, 6.45) is 0.345. The van der Waals surface area contributed by atoms with Gasteiger partial charge >= 0.3 is 0 Å². The molecule has 1 atom stereocenters. The number of nitro benzene ring substituents is 1. The van der Waals surface area contributed by atoms with Gasteiger partial charge in [-0.3, -0.25) is 24.5 Å². The highest BCUT2D eigenvalue weighted by Gasteiger charge is 2.44. The van der Waals surface area contributed by atoms with Crippen molar-refractivity contribution >= 4 is 45.0 Å². The number of hydrogen-bond acceptors (Lipinski definition) is 5. The van der Waals surface area contributed by atoms with Gasteiger partial charge in [0.2, 0.25) is 5.91 Å². The number of halogens is 1. The van der Waals surface area contributed by atoms with Gasteiger partial charge in [0.25, 0.3) is 17.5 Å². The molecule has 0 aromatic heterocycles. The first-order valence-electron chi connectivity index (χ1n) is 10.6. The minimum atomic E-state index is -0.970. The van der Waals surface area contributed by atoms with Crippen LogP contribution >= 0.6 is 15.9 Å². The summed E-state index contributed by atoms with van der Waals surface area (Å²) in [6, 6.07) is 20.6. The number of non-ortho nitro benzene ring substituents is 1. The Labute approximate surface area is 204 Å². The molecule has 172 valence electrons. The molecular weight excluding hydrogens is 502 g/mol. The van der Waals surface area contributed by atoms with E-state index >= 15 is 0 Å². The summed E-state index contributed by atoms with van der Waals surface area (Å²) < 4.78 is 0.810. The van der Waals surface area contributed by atoms with Gasteiger partial charge in [0.1, 0.15) is 6.04 Å². The van der Waals surface area contributed by atoms with E-state index in [-0.39, 0.29) is 24.2 Å². The molecule has 4 rings (SSSR count). The Morgan fingerprint density at radius 2 is 1.65 bits per heavy atom. The first-order valence-corrected chi connectivity index (χ1v) is 11.4. The summed E-state index contributed by atoms with van der Waals surface area (Å²) in [7, 11) is 0. The highest BCUT2D eigenvalue weighted by Crippen LogP contribution is 2.28. The third-order valence-electron chi connectivity index (χ3n) is 5.65. The summed E-state index contributed by atoms with van der Waals surface area (Å²) in [4.78, 5) is 52.5. The van der Waals surface area contributed by atoms with E-state index in [1.165, 1.54) is 29.2 Å². The number of anilines is 1. The number of imide groups is 1. The van der Waals surface area contributed by atoms with Crippen molar-refractivity contribution in [1.82, 2.24) is 4.90 Å². The number of nitro groups is 1. The van der Waals surface area contributed by atoms with Gasteiger partial charge in [0, 0.05) is 28.7 Å². The van der Waals surface area contributed by atoms with E-state index in [1.54, 1.807) is 24.3 Å². The Morgan fingerprint density at radius 3 is 2.26 bits per heavy atom. The minimum Gasteiger partial charge on any atom is -0.326 e. The van der Waals surface area contributed by atoms with Crippen molar-refractivity contribution in [2.75, 3.05) is 11.4 Å². The average molecular weight is 522 g/mol. The zero-order chi connectivity index (χ0) is 24.2. The molecule has 3 aromatic carbocycles. The van der Waals surface area contributed by atoms with Crippen molar-refractivity contribution in [2.45, 2.75) is 18.9 Å². The van der Waals surface area contributed by atoms with Gasteiger partial charge in [-0.2, -0.15) is 0 Å². The Kier molecular flexibility index (Phi) is 6.83. The fraction of sp³-hybridized carbons (Fsp3) is 0.160. The highest BCUT2D eigenvalue weighted by atomic mass is 79.9. The molecule has 0 saturated carbocycles. The summed E-state index contributed by atoms with van der Waals surface area (Å²) in [5, 5.41) is 11.0. The topological polar surface area (TPSA) is 101 Å². The molecule has 1 aliphatic heterocycles. The van der Waals surface area contributed by atoms with E-state index in [1.807, 2.05) is 30.3 Å². The van der Waals surface area contributed by atoms with Gasteiger partial charge in [-0.05, 0) is 48.4 Å². The Hall–Kier alpha value is -3.85. The number of amides is 3. The van der Waals surface area contributed by atoms with Gasteiger partial charge in [-0.1, -0.05) is 46.3 Å². The van der Waals surface area contributed by atoms with Crippen molar-refractivity contribution in [3.05, 3.63) is 105 Å². The number of nitrogens with zero attached hydrogens (tertiary/aromatic N) is 3. The van der Waals surface area contributed by atoms with Crippen LogP contribution in [0.1, 0.15) is 22.3 Å². The van der Waals surface area contributed by atoms with Gasteiger partial charge in [-0.15, -0.1) is 0 Å². The molecule has 3 aromatic rings. The predicted octanol–water partition coefficient (Wildman–Crippen LogP) is 4.37. The lowest BCUT2D eigenvalue weighted by atomic mass is 10.1. The third-order valence-corrected chi connectivity index (χ3v) is 6.18. The van der Waals surface area contributed by atoms with Gasteiger partial charge in [0.05, 0.1) is 17.0 Å². The summed E-state index contributed by atoms with van der Waals surface area (Å²) in [6.45, 7) is 0.206. The predicted molar refractivity (Wildman–Crippen MR) is 129 cm³/mol. The van der Waals surface area contributed by atoms with Crippen molar-refractivity contribution in [3.8, 4) is 0 Å².